The van der Waals surface area contributed by atoms with Gasteiger partial charge < -0.3 is 5.11 Å². The average molecular weight is 373 g/mol. The zero-order valence-corrected chi connectivity index (χ0v) is 16.3. The molecule has 0 saturated heterocycles. The van der Waals surface area contributed by atoms with Crippen molar-refractivity contribution < 1.29 is 18.3 Å². The van der Waals surface area contributed by atoms with Crippen molar-refractivity contribution in [1.82, 2.24) is 0 Å². The lowest BCUT2D eigenvalue weighted by molar-refractivity contribution is -0.146. The first-order valence-corrected chi connectivity index (χ1v) is 10.9. The van der Waals surface area contributed by atoms with Gasteiger partial charge in [-0.2, -0.15) is 13.2 Å². The molecule has 5 unspecified atom stereocenters. The lowest BCUT2D eigenvalue weighted by Crippen LogP contribution is -2.53. The largest absolute Gasteiger partial charge is 0.393 e. The number of hydrogen-bond donors (Lipinski definition) is 1. The number of fused-ring (bicyclic) bond motifs is 5. The monoisotopic (exact) mass is 372 g/mol. The highest BCUT2D eigenvalue weighted by atomic mass is 19.4. The van der Waals surface area contributed by atoms with Gasteiger partial charge in [0.1, 0.15) is 0 Å². The number of halogens is 3. The van der Waals surface area contributed by atoms with E-state index in [-0.39, 0.29) is 17.4 Å². The Bertz CT molecular complexity index is 532. The van der Waals surface area contributed by atoms with Gasteiger partial charge in [-0.05, 0) is 105 Å². The maximum absolute atomic E-state index is 12.8. The molecule has 0 aromatic heterocycles. The summed E-state index contributed by atoms with van der Waals surface area (Å²) in [4.78, 5) is 0. The van der Waals surface area contributed by atoms with Crippen molar-refractivity contribution in [3.8, 4) is 0 Å². The first-order valence-electron chi connectivity index (χ1n) is 10.9. The van der Waals surface area contributed by atoms with Crippen LogP contribution in [0.2, 0.25) is 0 Å². The number of aliphatic hydroxyl groups is 1. The third-order valence-electron chi connectivity index (χ3n) is 9.61. The van der Waals surface area contributed by atoms with Gasteiger partial charge in [-0.3, -0.25) is 0 Å². The zero-order chi connectivity index (χ0) is 18.7. The maximum Gasteiger partial charge on any atom is 0.389 e. The summed E-state index contributed by atoms with van der Waals surface area (Å²) in [5.74, 6) is 2.98. The number of hydrogen-bond acceptors (Lipinski definition) is 1. The fourth-order valence-corrected chi connectivity index (χ4v) is 8.16. The van der Waals surface area contributed by atoms with Gasteiger partial charge in [-0.15, -0.1) is 0 Å². The normalized spacial score (nSPS) is 51.5. The average Bonchev–Trinajstić information content (AvgIpc) is 2.89. The molecule has 4 fully saturated rings. The van der Waals surface area contributed by atoms with E-state index in [9.17, 15) is 18.3 Å². The van der Waals surface area contributed by atoms with Crippen LogP contribution in [0.25, 0.3) is 0 Å². The number of rotatable bonds is 2. The van der Waals surface area contributed by atoms with Gasteiger partial charge in [0.25, 0.3) is 0 Å². The maximum atomic E-state index is 12.8. The molecule has 1 N–H and O–H groups in total. The van der Waals surface area contributed by atoms with Gasteiger partial charge in [-0.25, -0.2) is 0 Å². The Labute approximate surface area is 156 Å². The van der Waals surface area contributed by atoms with Gasteiger partial charge in [0.2, 0.25) is 0 Å². The van der Waals surface area contributed by atoms with Crippen molar-refractivity contribution in [3.05, 3.63) is 0 Å². The molecule has 4 aliphatic carbocycles. The van der Waals surface area contributed by atoms with E-state index in [0.29, 0.717) is 29.6 Å². The summed E-state index contributed by atoms with van der Waals surface area (Å²) < 4.78 is 38.3. The Kier molecular flexibility index (Phi) is 4.69. The molecule has 0 heterocycles. The smallest absolute Gasteiger partial charge is 0.389 e. The second-order valence-corrected chi connectivity index (χ2v) is 10.6. The molecule has 0 radical (unpaired) electrons. The van der Waals surface area contributed by atoms with Crippen molar-refractivity contribution >= 4 is 0 Å². The second kappa shape index (κ2) is 6.39. The van der Waals surface area contributed by atoms with Crippen LogP contribution in [0, 0.1) is 40.4 Å². The molecule has 26 heavy (non-hydrogen) atoms. The fraction of sp³-hybridized carbons (Fsp3) is 1.00. The van der Waals surface area contributed by atoms with E-state index in [4.69, 9.17) is 0 Å². The molecule has 1 nitrogen and oxygen atoms in total. The van der Waals surface area contributed by atoms with Crippen LogP contribution >= 0.6 is 0 Å². The predicted octanol–water partition coefficient (Wildman–Crippen LogP) is 6.35. The summed E-state index contributed by atoms with van der Waals surface area (Å²) >= 11 is 0. The van der Waals surface area contributed by atoms with E-state index in [0.717, 1.165) is 44.4 Å². The third-order valence-corrected chi connectivity index (χ3v) is 9.61. The van der Waals surface area contributed by atoms with E-state index in [1.165, 1.54) is 19.3 Å². The third kappa shape index (κ3) is 3.02. The molecule has 8 atom stereocenters. The SMILES string of the molecule is CC12CC[C@H](O)CC1CC[C@@H]1C2CCC2(C)C1CC[C@@H]2CCC(F)(F)F. The first-order chi connectivity index (χ1) is 12.1. The minimum absolute atomic E-state index is 0.114. The summed E-state index contributed by atoms with van der Waals surface area (Å²) in [6, 6.07) is 0. The zero-order valence-electron chi connectivity index (χ0n) is 16.3. The van der Waals surface area contributed by atoms with Gasteiger partial charge in [0, 0.05) is 6.42 Å². The lowest BCUT2D eigenvalue weighted by Gasteiger charge is -2.61. The van der Waals surface area contributed by atoms with Crippen LogP contribution in [0.5, 0.6) is 0 Å². The molecule has 0 amide bonds. The summed E-state index contributed by atoms with van der Waals surface area (Å²) in [6.07, 6.45) is 5.56. The molecular formula is C22H35F3O. The standard InChI is InChI=1S/C22H35F3O/c1-20-11-9-19-17(5-3-15-13-16(26)8-10-21(15,19)2)18(20)6-4-14(20)7-12-22(23,24)25/h14-19,26H,3-13H2,1-2H3/t14-,15?,16+,17+,18?,19?,20?,21?/m1/s1. The molecular weight excluding hydrogens is 337 g/mol. The lowest BCUT2D eigenvalue weighted by atomic mass is 9.44. The van der Waals surface area contributed by atoms with Gasteiger partial charge in [0.05, 0.1) is 6.10 Å². The topological polar surface area (TPSA) is 20.2 Å². The van der Waals surface area contributed by atoms with Crippen LogP contribution in [0.3, 0.4) is 0 Å². The molecule has 4 rings (SSSR count). The molecule has 0 aromatic rings. The first kappa shape index (κ1) is 19.1. The number of alkyl halides is 3. The Balaban J connectivity index is 1.51. The summed E-state index contributed by atoms with van der Waals surface area (Å²) in [5.41, 5.74) is 0.483. The minimum atomic E-state index is -4.01. The highest BCUT2D eigenvalue weighted by Crippen LogP contribution is 2.68. The minimum Gasteiger partial charge on any atom is -0.393 e. The van der Waals surface area contributed by atoms with Crippen molar-refractivity contribution in [2.24, 2.45) is 40.4 Å². The van der Waals surface area contributed by atoms with Crippen LogP contribution in [-0.4, -0.2) is 17.4 Å². The Hall–Kier alpha value is -0.250. The molecule has 0 bridgehead atoms. The van der Waals surface area contributed by atoms with E-state index < -0.39 is 12.6 Å². The quantitative estimate of drug-likeness (QED) is 0.599. The predicted molar refractivity (Wildman–Crippen MR) is 96.5 cm³/mol. The van der Waals surface area contributed by atoms with E-state index in [2.05, 4.69) is 13.8 Å². The van der Waals surface area contributed by atoms with Crippen molar-refractivity contribution in [3.63, 3.8) is 0 Å². The van der Waals surface area contributed by atoms with Crippen LogP contribution in [-0.2, 0) is 0 Å². The van der Waals surface area contributed by atoms with Crippen molar-refractivity contribution in [2.75, 3.05) is 0 Å². The number of aliphatic hydroxyl groups excluding tert-OH is 1. The Morgan fingerprint density at radius 2 is 1.58 bits per heavy atom. The fourth-order valence-electron chi connectivity index (χ4n) is 8.16. The molecule has 150 valence electrons. The van der Waals surface area contributed by atoms with Crippen LogP contribution in [0.4, 0.5) is 13.2 Å². The van der Waals surface area contributed by atoms with Gasteiger partial charge in [-0.1, -0.05) is 13.8 Å². The Morgan fingerprint density at radius 1 is 0.885 bits per heavy atom. The van der Waals surface area contributed by atoms with Gasteiger partial charge >= 0.3 is 6.18 Å². The molecule has 4 heteroatoms. The summed E-state index contributed by atoms with van der Waals surface area (Å²) in [5, 5.41) is 10.1. The highest BCUT2D eigenvalue weighted by molar-refractivity contribution is 5.09. The highest BCUT2D eigenvalue weighted by Gasteiger charge is 2.60. The molecule has 4 aliphatic rings. The Morgan fingerprint density at radius 3 is 2.31 bits per heavy atom. The van der Waals surface area contributed by atoms with Crippen LogP contribution < -0.4 is 0 Å². The van der Waals surface area contributed by atoms with Crippen LogP contribution in [0.1, 0.15) is 84.5 Å². The molecule has 4 saturated carbocycles. The van der Waals surface area contributed by atoms with E-state index in [1.807, 2.05) is 0 Å². The molecule has 0 spiro atoms. The van der Waals surface area contributed by atoms with Crippen molar-refractivity contribution in [2.45, 2.75) is 96.8 Å². The molecule has 0 aromatic carbocycles. The van der Waals surface area contributed by atoms with Crippen molar-refractivity contribution in [1.29, 1.82) is 0 Å². The second-order valence-electron chi connectivity index (χ2n) is 10.6. The van der Waals surface area contributed by atoms with E-state index >= 15 is 0 Å². The van der Waals surface area contributed by atoms with E-state index in [1.54, 1.807) is 0 Å². The van der Waals surface area contributed by atoms with Gasteiger partial charge in [0.15, 0.2) is 0 Å². The summed E-state index contributed by atoms with van der Waals surface area (Å²) in [7, 11) is 0. The van der Waals surface area contributed by atoms with Crippen LogP contribution in [0.15, 0.2) is 0 Å². The molecule has 0 aliphatic heterocycles. The summed E-state index contributed by atoms with van der Waals surface area (Å²) in [6.45, 7) is 4.79.